The Kier molecular flexibility index (Phi) is 3.63. The van der Waals surface area contributed by atoms with Gasteiger partial charge in [0.05, 0.1) is 7.11 Å². The van der Waals surface area contributed by atoms with Gasteiger partial charge in [-0.2, -0.15) is 0 Å². The summed E-state index contributed by atoms with van der Waals surface area (Å²) in [6, 6.07) is 5.95. The zero-order chi connectivity index (χ0) is 14.3. The molecule has 0 spiro atoms. The van der Waals surface area contributed by atoms with Gasteiger partial charge < -0.3 is 15.6 Å². The van der Waals surface area contributed by atoms with Gasteiger partial charge in [-0.3, -0.25) is 0 Å². The zero-order valence-electron chi connectivity index (χ0n) is 12.4. The highest BCUT2D eigenvalue weighted by Crippen LogP contribution is 2.46. The normalized spacial score (nSPS) is 19.1. The Morgan fingerprint density at radius 3 is 2.37 bits per heavy atom. The molecular formula is C16H25NO2. The van der Waals surface area contributed by atoms with Gasteiger partial charge in [-0.15, -0.1) is 0 Å². The lowest BCUT2D eigenvalue weighted by Gasteiger charge is -2.30. The Hall–Kier alpha value is -1.06. The minimum Gasteiger partial charge on any atom is -0.496 e. The van der Waals surface area contributed by atoms with E-state index >= 15 is 0 Å². The second-order valence-electron chi connectivity index (χ2n) is 6.57. The molecular weight excluding hydrogens is 238 g/mol. The summed E-state index contributed by atoms with van der Waals surface area (Å²) >= 11 is 0. The van der Waals surface area contributed by atoms with Crippen LogP contribution < -0.4 is 10.5 Å². The number of rotatable bonds is 4. The fourth-order valence-corrected chi connectivity index (χ4v) is 2.64. The Bertz CT molecular complexity index is 460. The summed E-state index contributed by atoms with van der Waals surface area (Å²) in [5.41, 5.74) is 6.95. The molecule has 0 radical (unpaired) electrons. The van der Waals surface area contributed by atoms with E-state index in [0.717, 1.165) is 29.7 Å². The summed E-state index contributed by atoms with van der Waals surface area (Å²) in [6.45, 7) is 6.71. The predicted molar refractivity (Wildman–Crippen MR) is 77.4 cm³/mol. The van der Waals surface area contributed by atoms with Gasteiger partial charge >= 0.3 is 0 Å². The van der Waals surface area contributed by atoms with Crippen LogP contribution in [0.2, 0.25) is 0 Å². The van der Waals surface area contributed by atoms with Crippen molar-refractivity contribution in [1.29, 1.82) is 0 Å². The molecule has 1 saturated carbocycles. The third-order valence-corrected chi connectivity index (χ3v) is 4.07. The molecule has 0 heterocycles. The molecule has 3 nitrogen and oxygen atoms in total. The van der Waals surface area contributed by atoms with E-state index in [1.807, 2.05) is 12.1 Å². The van der Waals surface area contributed by atoms with Crippen molar-refractivity contribution in [2.45, 2.75) is 44.6 Å². The van der Waals surface area contributed by atoms with Crippen LogP contribution in [0.4, 0.5) is 0 Å². The summed E-state index contributed by atoms with van der Waals surface area (Å²) in [5.74, 6) is 1.17. The molecule has 0 saturated heterocycles. The van der Waals surface area contributed by atoms with E-state index in [4.69, 9.17) is 10.5 Å². The van der Waals surface area contributed by atoms with Crippen LogP contribution in [0.15, 0.2) is 18.2 Å². The first-order valence-electron chi connectivity index (χ1n) is 6.94. The smallest absolute Gasteiger partial charge is 0.122 e. The van der Waals surface area contributed by atoms with Crippen molar-refractivity contribution in [3.8, 4) is 5.75 Å². The molecule has 1 fully saturated rings. The molecule has 0 amide bonds. The quantitative estimate of drug-likeness (QED) is 0.877. The molecule has 19 heavy (non-hydrogen) atoms. The molecule has 1 aliphatic rings. The Labute approximate surface area is 115 Å². The summed E-state index contributed by atoms with van der Waals surface area (Å²) < 4.78 is 5.44. The molecule has 0 aromatic heterocycles. The van der Waals surface area contributed by atoms with E-state index in [0.29, 0.717) is 5.92 Å². The van der Waals surface area contributed by atoms with Crippen molar-refractivity contribution in [3.63, 3.8) is 0 Å². The second kappa shape index (κ2) is 4.80. The van der Waals surface area contributed by atoms with Crippen molar-refractivity contribution < 1.29 is 9.84 Å². The first-order valence-corrected chi connectivity index (χ1v) is 6.94. The van der Waals surface area contributed by atoms with Crippen molar-refractivity contribution in [1.82, 2.24) is 0 Å². The lowest BCUT2D eigenvalue weighted by Crippen LogP contribution is -2.37. The van der Waals surface area contributed by atoms with Crippen LogP contribution in [0.25, 0.3) is 0 Å². The van der Waals surface area contributed by atoms with Crippen LogP contribution in [-0.4, -0.2) is 18.8 Å². The predicted octanol–water partition coefficient (Wildman–Crippen LogP) is 2.55. The Morgan fingerprint density at radius 1 is 1.32 bits per heavy atom. The average Bonchev–Trinajstić information content (AvgIpc) is 3.20. The highest BCUT2D eigenvalue weighted by molar-refractivity contribution is 5.44. The molecule has 3 N–H and O–H groups in total. The van der Waals surface area contributed by atoms with Crippen LogP contribution in [-0.2, 0) is 11.0 Å². The van der Waals surface area contributed by atoms with Gasteiger partial charge in [-0.05, 0) is 47.4 Å². The monoisotopic (exact) mass is 263 g/mol. The van der Waals surface area contributed by atoms with E-state index in [-0.39, 0.29) is 12.0 Å². The maximum atomic E-state index is 10.8. The zero-order valence-corrected chi connectivity index (χ0v) is 12.4. The standard InChI is InChI=1S/C16H25NO2/c1-15(2,3)13-9-12(7-8-14(13)19-4)16(18,10-17)11-5-6-11/h7-9,11,18H,5-6,10,17H2,1-4H3. The number of nitrogens with two attached hydrogens (primary N) is 1. The Morgan fingerprint density at radius 2 is 1.95 bits per heavy atom. The minimum atomic E-state index is -0.883. The largest absolute Gasteiger partial charge is 0.496 e. The third kappa shape index (κ3) is 2.63. The summed E-state index contributed by atoms with van der Waals surface area (Å²) in [5, 5.41) is 10.8. The number of methoxy groups -OCH3 is 1. The number of benzene rings is 1. The second-order valence-corrected chi connectivity index (χ2v) is 6.57. The van der Waals surface area contributed by atoms with Gasteiger partial charge in [0, 0.05) is 6.54 Å². The lowest BCUT2D eigenvalue weighted by molar-refractivity contribution is 0.0220. The molecule has 2 rings (SSSR count). The van der Waals surface area contributed by atoms with Crippen molar-refractivity contribution >= 4 is 0 Å². The van der Waals surface area contributed by atoms with Crippen LogP contribution in [0.5, 0.6) is 5.75 Å². The fraction of sp³-hybridized carbons (Fsp3) is 0.625. The Balaban J connectivity index is 2.48. The van der Waals surface area contributed by atoms with Gasteiger partial charge in [-0.1, -0.05) is 26.8 Å². The van der Waals surface area contributed by atoms with E-state index in [2.05, 4.69) is 26.8 Å². The SMILES string of the molecule is COc1ccc(C(O)(CN)C2CC2)cc1C(C)(C)C. The van der Waals surface area contributed by atoms with Crippen molar-refractivity contribution in [3.05, 3.63) is 29.3 Å². The first-order chi connectivity index (χ1) is 8.82. The van der Waals surface area contributed by atoms with Crippen LogP contribution in [0, 0.1) is 5.92 Å². The fourth-order valence-electron chi connectivity index (χ4n) is 2.64. The van der Waals surface area contributed by atoms with Gasteiger partial charge in [0.25, 0.3) is 0 Å². The number of hydrogen-bond acceptors (Lipinski definition) is 3. The maximum Gasteiger partial charge on any atom is 0.122 e. The highest BCUT2D eigenvalue weighted by Gasteiger charge is 2.44. The first kappa shape index (κ1) is 14.4. The number of hydrogen-bond donors (Lipinski definition) is 2. The molecule has 1 atom stereocenters. The van der Waals surface area contributed by atoms with E-state index in [1.54, 1.807) is 7.11 Å². The van der Waals surface area contributed by atoms with Crippen LogP contribution in [0.1, 0.15) is 44.7 Å². The highest BCUT2D eigenvalue weighted by atomic mass is 16.5. The number of ether oxygens (including phenoxy) is 1. The molecule has 1 aromatic rings. The van der Waals surface area contributed by atoms with Gasteiger partial charge in [0.1, 0.15) is 11.4 Å². The van der Waals surface area contributed by atoms with Crippen molar-refractivity contribution in [2.75, 3.05) is 13.7 Å². The molecule has 0 aliphatic heterocycles. The summed E-state index contributed by atoms with van der Waals surface area (Å²) in [4.78, 5) is 0. The van der Waals surface area contributed by atoms with E-state index < -0.39 is 5.60 Å². The van der Waals surface area contributed by atoms with Crippen molar-refractivity contribution in [2.24, 2.45) is 11.7 Å². The molecule has 0 bridgehead atoms. The summed E-state index contributed by atoms with van der Waals surface area (Å²) in [7, 11) is 1.68. The number of aliphatic hydroxyl groups is 1. The average molecular weight is 263 g/mol. The lowest BCUT2D eigenvalue weighted by atomic mass is 9.81. The molecule has 106 valence electrons. The molecule has 1 unspecified atom stereocenters. The summed E-state index contributed by atoms with van der Waals surface area (Å²) in [6.07, 6.45) is 2.12. The molecule has 1 aliphatic carbocycles. The van der Waals surface area contributed by atoms with Gasteiger partial charge in [0.15, 0.2) is 0 Å². The molecule has 1 aromatic carbocycles. The van der Waals surface area contributed by atoms with Crippen LogP contribution >= 0.6 is 0 Å². The van der Waals surface area contributed by atoms with Crippen LogP contribution in [0.3, 0.4) is 0 Å². The van der Waals surface area contributed by atoms with Gasteiger partial charge in [0.2, 0.25) is 0 Å². The van der Waals surface area contributed by atoms with E-state index in [1.165, 1.54) is 0 Å². The van der Waals surface area contributed by atoms with Gasteiger partial charge in [-0.25, -0.2) is 0 Å². The van der Waals surface area contributed by atoms with E-state index in [9.17, 15) is 5.11 Å². The minimum absolute atomic E-state index is 0.0274. The topological polar surface area (TPSA) is 55.5 Å². The maximum absolute atomic E-state index is 10.8. The molecule has 3 heteroatoms. The third-order valence-electron chi connectivity index (χ3n) is 4.07.